The number of benzene rings is 1. The zero-order chi connectivity index (χ0) is 11.8. The summed E-state index contributed by atoms with van der Waals surface area (Å²) in [5.74, 6) is 0.584. The fourth-order valence-electron chi connectivity index (χ4n) is 1.68. The Morgan fingerprint density at radius 1 is 1.25 bits per heavy atom. The third-order valence-corrected chi connectivity index (χ3v) is 2.78. The van der Waals surface area contributed by atoms with E-state index in [1.807, 2.05) is 6.07 Å². The minimum atomic E-state index is -0.159. The van der Waals surface area contributed by atoms with Gasteiger partial charge in [-0.15, -0.1) is 11.6 Å². The first-order valence-corrected chi connectivity index (χ1v) is 6.25. The van der Waals surface area contributed by atoms with Gasteiger partial charge in [-0.25, -0.2) is 4.39 Å². The zero-order valence-corrected chi connectivity index (χ0v) is 10.5. The van der Waals surface area contributed by atoms with Crippen LogP contribution >= 0.6 is 11.6 Å². The molecule has 0 amide bonds. The minimum Gasteiger partial charge on any atom is -0.302 e. The second-order valence-electron chi connectivity index (χ2n) is 4.12. The van der Waals surface area contributed by atoms with Gasteiger partial charge in [0.05, 0.1) is 0 Å². The number of hydrogen-bond donors (Lipinski definition) is 0. The van der Waals surface area contributed by atoms with Crippen molar-refractivity contribution in [2.45, 2.75) is 25.8 Å². The Morgan fingerprint density at radius 3 is 2.75 bits per heavy atom. The van der Waals surface area contributed by atoms with Crippen LogP contribution in [0.2, 0.25) is 0 Å². The molecule has 0 aromatic heterocycles. The summed E-state index contributed by atoms with van der Waals surface area (Å²) in [4.78, 5) is 2.21. The number of nitrogens with zero attached hydrogens (tertiary/aromatic N) is 1. The molecule has 0 N–H and O–H groups in total. The van der Waals surface area contributed by atoms with Crippen LogP contribution < -0.4 is 0 Å². The average molecular weight is 244 g/mol. The second-order valence-corrected chi connectivity index (χ2v) is 4.50. The van der Waals surface area contributed by atoms with Crippen molar-refractivity contribution < 1.29 is 4.39 Å². The summed E-state index contributed by atoms with van der Waals surface area (Å²) in [6.07, 6.45) is 3.39. The Morgan fingerprint density at radius 2 is 2.06 bits per heavy atom. The van der Waals surface area contributed by atoms with Gasteiger partial charge in [-0.05, 0) is 44.1 Å². The maximum absolute atomic E-state index is 12.9. The van der Waals surface area contributed by atoms with Crippen molar-refractivity contribution in [3.05, 3.63) is 35.6 Å². The lowest BCUT2D eigenvalue weighted by molar-refractivity contribution is 0.318. The molecular weight excluding hydrogens is 225 g/mol. The van der Waals surface area contributed by atoms with Crippen LogP contribution in [0.5, 0.6) is 0 Å². The second kappa shape index (κ2) is 7.64. The van der Waals surface area contributed by atoms with Crippen LogP contribution in [-0.4, -0.2) is 24.4 Å². The molecule has 16 heavy (non-hydrogen) atoms. The van der Waals surface area contributed by atoms with E-state index in [1.165, 1.54) is 6.07 Å². The molecule has 90 valence electrons. The number of unbranched alkanes of at least 4 members (excludes halogenated alkanes) is 2. The van der Waals surface area contributed by atoms with Crippen LogP contribution in [0.1, 0.15) is 24.8 Å². The molecule has 1 rings (SSSR count). The molecule has 0 saturated carbocycles. The van der Waals surface area contributed by atoms with Gasteiger partial charge in [-0.1, -0.05) is 18.6 Å². The van der Waals surface area contributed by atoms with Crippen molar-refractivity contribution in [3.8, 4) is 0 Å². The lowest BCUT2D eigenvalue weighted by atomic mass is 10.2. The summed E-state index contributed by atoms with van der Waals surface area (Å²) in [5, 5.41) is 0. The molecule has 0 aliphatic rings. The quantitative estimate of drug-likeness (QED) is 0.522. The van der Waals surface area contributed by atoms with E-state index >= 15 is 0 Å². The van der Waals surface area contributed by atoms with E-state index in [-0.39, 0.29) is 5.82 Å². The van der Waals surface area contributed by atoms with Crippen LogP contribution in [0.4, 0.5) is 4.39 Å². The van der Waals surface area contributed by atoms with E-state index < -0.39 is 0 Å². The standard InChI is InChI=1S/C13H19ClFN/c1-16(9-4-2-3-8-14)11-12-6-5-7-13(15)10-12/h5-7,10H,2-4,8-9,11H2,1H3. The molecule has 0 heterocycles. The van der Waals surface area contributed by atoms with Crippen molar-refractivity contribution in [2.24, 2.45) is 0 Å². The highest BCUT2D eigenvalue weighted by Gasteiger charge is 2.01. The highest BCUT2D eigenvalue weighted by molar-refractivity contribution is 6.17. The lowest BCUT2D eigenvalue weighted by Gasteiger charge is -2.16. The first-order valence-electron chi connectivity index (χ1n) is 5.71. The highest BCUT2D eigenvalue weighted by Crippen LogP contribution is 2.07. The molecule has 1 aromatic carbocycles. The molecule has 0 aliphatic heterocycles. The van der Waals surface area contributed by atoms with Crippen LogP contribution in [0.25, 0.3) is 0 Å². The summed E-state index contributed by atoms with van der Waals surface area (Å²) < 4.78 is 12.9. The SMILES string of the molecule is CN(CCCCCCl)Cc1cccc(F)c1. The van der Waals surface area contributed by atoms with Gasteiger partial charge in [0.1, 0.15) is 5.82 Å². The third kappa shape index (κ3) is 5.47. The Balaban J connectivity index is 2.25. The maximum Gasteiger partial charge on any atom is 0.123 e. The van der Waals surface area contributed by atoms with Gasteiger partial charge in [0.25, 0.3) is 0 Å². The summed E-state index contributed by atoms with van der Waals surface area (Å²) in [5.41, 5.74) is 1.03. The molecule has 3 heteroatoms. The first kappa shape index (κ1) is 13.5. The number of rotatable bonds is 7. The molecule has 1 aromatic rings. The average Bonchev–Trinajstić information content (AvgIpc) is 2.24. The molecule has 0 spiro atoms. The molecular formula is C13H19ClFN. The van der Waals surface area contributed by atoms with E-state index in [0.717, 1.165) is 43.8 Å². The number of hydrogen-bond acceptors (Lipinski definition) is 1. The van der Waals surface area contributed by atoms with E-state index in [2.05, 4.69) is 11.9 Å². The van der Waals surface area contributed by atoms with Gasteiger partial charge in [-0.2, -0.15) is 0 Å². The molecule has 0 aliphatic carbocycles. The van der Waals surface area contributed by atoms with Crippen molar-refractivity contribution in [2.75, 3.05) is 19.5 Å². The highest BCUT2D eigenvalue weighted by atomic mass is 35.5. The van der Waals surface area contributed by atoms with Gasteiger partial charge in [-0.3, -0.25) is 0 Å². The Bertz CT molecular complexity index is 304. The van der Waals surface area contributed by atoms with Gasteiger partial charge >= 0.3 is 0 Å². The largest absolute Gasteiger partial charge is 0.302 e. The summed E-state index contributed by atoms with van der Waals surface area (Å²) in [6, 6.07) is 6.78. The molecule has 0 fully saturated rings. The molecule has 0 atom stereocenters. The predicted octanol–water partition coefficient (Wildman–Crippen LogP) is 3.67. The molecule has 0 radical (unpaired) electrons. The fourth-order valence-corrected chi connectivity index (χ4v) is 1.87. The number of halogens is 2. The van der Waals surface area contributed by atoms with Gasteiger partial charge in [0.15, 0.2) is 0 Å². The van der Waals surface area contributed by atoms with Gasteiger partial charge in [0, 0.05) is 12.4 Å². The number of alkyl halides is 1. The minimum absolute atomic E-state index is 0.159. The van der Waals surface area contributed by atoms with Crippen LogP contribution in [0.15, 0.2) is 24.3 Å². The summed E-state index contributed by atoms with van der Waals surface area (Å²) in [6.45, 7) is 1.84. The third-order valence-electron chi connectivity index (χ3n) is 2.51. The molecule has 1 nitrogen and oxygen atoms in total. The van der Waals surface area contributed by atoms with E-state index in [0.29, 0.717) is 0 Å². The van der Waals surface area contributed by atoms with E-state index in [9.17, 15) is 4.39 Å². The first-order chi connectivity index (χ1) is 7.72. The fraction of sp³-hybridized carbons (Fsp3) is 0.538. The smallest absolute Gasteiger partial charge is 0.123 e. The summed E-state index contributed by atoms with van der Waals surface area (Å²) >= 11 is 5.61. The van der Waals surface area contributed by atoms with Crippen molar-refractivity contribution >= 4 is 11.6 Å². The Kier molecular flexibility index (Phi) is 6.43. The Labute approximate surface area is 102 Å². The van der Waals surface area contributed by atoms with Crippen molar-refractivity contribution in [1.82, 2.24) is 4.90 Å². The molecule has 0 saturated heterocycles. The van der Waals surface area contributed by atoms with Gasteiger partial charge in [0.2, 0.25) is 0 Å². The Hall–Kier alpha value is -0.600. The normalized spacial score (nSPS) is 11.0. The lowest BCUT2D eigenvalue weighted by Crippen LogP contribution is -2.19. The van der Waals surface area contributed by atoms with Gasteiger partial charge < -0.3 is 4.90 Å². The van der Waals surface area contributed by atoms with Crippen molar-refractivity contribution in [1.29, 1.82) is 0 Å². The van der Waals surface area contributed by atoms with Crippen LogP contribution in [0, 0.1) is 5.82 Å². The van der Waals surface area contributed by atoms with Crippen LogP contribution in [-0.2, 0) is 6.54 Å². The van der Waals surface area contributed by atoms with Crippen molar-refractivity contribution in [3.63, 3.8) is 0 Å². The topological polar surface area (TPSA) is 3.24 Å². The monoisotopic (exact) mass is 243 g/mol. The van der Waals surface area contributed by atoms with E-state index in [1.54, 1.807) is 12.1 Å². The summed E-state index contributed by atoms with van der Waals surface area (Å²) in [7, 11) is 2.06. The zero-order valence-electron chi connectivity index (χ0n) is 9.76. The van der Waals surface area contributed by atoms with Crippen LogP contribution in [0.3, 0.4) is 0 Å². The maximum atomic E-state index is 12.9. The van der Waals surface area contributed by atoms with E-state index in [4.69, 9.17) is 11.6 Å². The predicted molar refractivity (Wildman–Crippen MR) is 67.3 cm³/mol. The molecule has 0 bridgehead atoms. The molecule has 0 unspecified atom stereocenters.